The van der Waals surface area contributed by atoms with Gasteiger partial charge in [-0.3, -0.25) is 0 Å². The van der Waals surface area contributed by atoms with Gasteiger partial charge in [0.25, 0.3) is 0 Å². The van der Waals surface area contributed by atoms with Gasteiger partial charge in [0, 0.05) is 26.3 Å². The van der Waals surface area contributed by atoms with Crippen LogP contribution in [0.4, 0.5) is 26.3 Å². The molecule has 0 saturated heterocycles. The van der Waals surface area contributed by atoms with Crippen molar-refractivity contribution in [2.75, 3.05) is 13.6 Å². The first kappa shape index (κ1) is 19.7. The van der Waals surface area contributed by atoms with Crippen LogP contribution in [0.3, 0.4) is 0 Å². The molecule has 1 aliphatic rings. The molecule has 0 fully saturated rings. The fourth-order valence-corrected chi connectivity index (χ4v) is 2.35. The number of nitrogens with zero attached hydrogens (tertiary/aromatic N) is 1. The maximum atomic E-state index is 12.9. The smallest absolute Gasteiger partial charge is 0.403 e. The van der Waals surface area contributed by atoms with Crippen LogP contribution in [0, 0.1) is 0 Å². The van der Waals surface area contributed by atoms with Gasteiger partial charge in [-0.1, -0.05) is 6.08 Å². The summed E-state index contributed by atoms with van der Waals surface area (Å²) < 4.78 is 77.3. The Balaban J connectivity index is 2.24. The fraction of sp³-hybridized carbons (Fsp3) is 0.294. The molecular weight excluding hydrogens is 360 g/mol. The van der Waals surface area contributed by atoms with Crippen LogP contribution in [0.15, 0.2) is 54.0 Å². The molecule has 1 aromatic rings. The van der Waals surface area contributed by atoms with Gasteiger partial charge in [-0.05, 0) is 41.6 Å². The highest BCUT2D eigenvalue weighted by atomic mass is 19.4. The highest BCUT2D eigenvalue weighted by Gasteiger charge is 2.36. The second-order valence-electron chi connectivity index (χ2n) is 5.76. The SMILES string of the molecule is CN1C=CC(/C(=C/N)NCc2cc(C(F)(F)F)cc(C(F)(F)F)c2)=CC1. The Morgan fingerprint density at radius 3 is 2.12 bits per heavy atom. The molecule has 0 bridgehead atoms. The summed E-state index contributed by atoms with van der Waals surface area (Å²) in [5.41, 5.74) is 3.81. The lowest BCUT2D eigenvalue weighted by Crippen LogP contribution is -2.20. The van der Waals surface area contributed by atoms with Crippen LogP contribution < -0.4 is 11.1 Å². The fourth-order valence-electron chi connectivity index (χ4n) is 2.35. The highest BCUT2D eigenvalue weighted by Crippen LogP contribution is 2.36. The first-order valence-electron chi connectivity index (χ1n) is 7.54. The molecule has 2 rings (SSSR count). The number of nitrogens with one attached hydrogen (secondary N) is 1. The van der Waals surface area contributed by atoms with Crippen molar-refractivity contribution in [1.82, 2.24) is 10.2 Å². The van der Waals surface area contributed by atoms with Crippen LogP contribution in [0.25, 0.3) is 0 Å². The van der Waals surface area contributed by atoms with E-state index in [0.29, 0.717) is 29.9 Å². The van der Waals surface area contributed by atoms with Gasteiger partial charge in [0.1, 0.15) is 0 Å². The molecule has 1 aromatic carbocycles. The third-order valence-electron chi connectivity index (χ3n) is 3.72. The summed E-state index contributed by atoms with van der Waals surface area (Å²) in [5.74, 6) is 0. The number of hydrogen-bond acceptors (Lipinski definition) is 3. The molecule has 142 valence electrons. The minimum absolute atomic E-state index is 0.103. The Morgan fingerprint density at radius 1 is 1.12 bits per heavy atom. The molecule has 0 spiro atoms. The van der Waals surface area contributed by atoms with E-state index in [-0.39, 0.29) is 18.2 Å². The normalized spacial score (nSPS) is 15.9. The molecule has 9 heteroatoms. The quantitative estimate of drug-likeness (QED) is 0.780. The van der Waals surface area contributed by atoms with Gasteiger partial charge in [-0.25, -0.2) is 0 Å². The molecule has 0 saturated carbocycles. The third kappa shape index (κ3) is 4.96. The van der Waals surface area contributed by atoms with E-state index in [1.54, 1.807) is 12.3 Å². The number of hydrogen-bond donors (Lipinski definition) is 2. The molecule has 0 amide bonds. The molecule has 0 atom stereocenters. The Morgan fingerprint density at radius 2 is 1.69 bits per heavy atom. The summed E-state index contributed by atoms with van der Waals surface area (Å²) in [6.45, 7) is 0.365. The van der Waals surface area contributed by atoms with Gasteiger partial charge in [-0.2, -0.15) is 26.3 Å². The molecular formula is C17H17F6N3. The number of nitrogens with two attached hydrogens (primary N) is 1. The first-order chi connectivity index (χ1) is 12.0. The summed E-state index contributed by atoms with van der Waals surface area (Å²) in [6, 6.07) is 1.48. The Labute approximate surface area is 146 Å². The summed E-state index contributed by atoms with van der Waals surface area (Å²) >= 11 is 0. The van der Waals surface area contributed by atoms with E-state index in [2.05, 4.69) is 5.32 Å². The largest absolute Gasteiger partial charge is 0.416 e. The Hall–Kier alpha value is -2.58. The van der Waals surface area contributed by atoms with Gasteiger partial charge in [0.2, 0.25) is 0 Å². The lowest BCUT2D eigenvalue weighted by Gasteiger charge is -2.20. The van der Waals surface area contributed by atoms with Crippen LogP contribution in [0.2, 0.25) is 0 Å². The van der Waals surface area contributed by atoms with Crippen LogP contribution in [0.1, 0.15) is 16.7 Å². The van der Waals surface area contributed by atoms with Crippen LogP contribution in [-0.4, -0.2) is 18.5 Å². The van der Waals surface area contributed by atoms with Crippen molar-refractivity contribution in [3.8, 4) is 0 Å². The molecule has 1 aliphatic heterocycles. The topological polar surface area (TPSA) is 41.3 Å². The Bertz CT molecular complexity index is 712. The predicted octanol–water partition coefficient (Wildman–Crippen LogP) is 4.00. The average Bonchev–Trinajstić information content (AvgIpc) is 2.55. The van der Waals surface area contributed by atoms with Crippen molar-refractivity contribution in [2.24, 2.45) is 5.73 Å². The molecule has 1 heterocycles. The zero-order chi connectivity index (χ0) is 19.5. The summed E-state index contributed by atoms with van der Waals surface area (Å²) in [5, 5.41) is 2.79. The number of allylic oxidation sites excluding steroid dienone is 1. The summed E-state index contributed by atoms with van der Waals surface area (Å²) in [7, 11) is 1.85. The third-order valence-corrected chi connectivity index (χ3v) is 3.72. The standard InChI is InChI=1S/C17H17F6N3/c1-26-4-2-12(3-5-26)15(9-24)25-10-11-6-13(16(18,19)20)8-14(7-11)17(21,22)23/h2-4,6-9,25H,5,10,24H2,1H3/b15-9-. The lowest BCUT2D eigenvalue weighted by molar-refractivity contribution is -0.143. The zero-order valence-electron chi connectivity index (χ0n) is 13.7. The van der Waals surface area contributed by atoms with Crippen molar-refractivity contribution in [3.63, 3.8) is 0 Å². The molecule has 0 radical (unpaired) electrons. The molecule has 0 unspecified atom stereocenters. The van der Waals surface area contributed by atoms with E-state index in [9.17, 15) is 26.3 Å². The molecule has 3 N–H and O–H groups in total. The van der Waals surface area contributed by atoms with E-state index < -0.39 is 23.5 Å². The molecule has 0 aliphatic carbocycles. The molecule has 0 aromatic heterocycles. The van der Waals surface area contributed by atoms with Gasteiger partial charge in [0.05, 0.1) is 16.8 Å². The average molecular weight is 377 g/mol. The van der Waals surface area contributed by atoms with E-state index >= 15 is 0 Å². The maximum absolute atomic E-state index is 12.9. The van der Waals surface area contributed by atoms with Crippen molar-refractivity contribution in [3.05, 3.63) is 70.7 Å². The number of likely N-dealkylation sites (N-methyl/N-ethyl adjacent to an activating group) is 1. The summed E-state index contributed by atoms with van der Waals surface area (Å²) in [6.07, 6.45) is -3.17. The van der Waals surface area contributed by atoms with Gasteiger partial charge in [0.15, 0.2) is 0 Å². The van der Waals surface area contributed by atoms with Crippen LogP contribution in [0.5, 0.6) is 0 Å². The van der Waals surface area contributed by atoms with Gasteiger partial charge < -0.3 is 16.0 Å². The second kappa shape index (κ2) is 7.35. The Kier molecular flexibility index (Phi) is 5.58. The molecule has 3 nitrogen and oxygen atoms in total. The number of rotatable bonds is 4. The first-order valence-corrected chi connectivity index (χ1v) is 7.54. The monoisotopic (exact) mass is 377 g/mol. The van der Waals surface area contributed by atoms with Gasteiger partial charge >= 0.3 is 12.4 Å². The van der Waals surface area contributed by atoms with Crippen LogP contribution in [-0.2, 0) is 18.9 Å². The zero-order valence-corrected chi connectivity index (χ0v) is 13.7. The number of halogens is 6. The number of alkyl halides is 6. The maximum Gasteiger partial charge on any atom is 0.416 e. The van der Waals surface area contributed by atoms with E-state index in [1.165, 1.54) is 6.20 Å². The van der Waals surface area contributed by atoms with E-state index in [1.807, 2.05) is 18.0 Å². The van der Waals surface area contributed by atoms with Gasteiger partial charge in [-0.15, -0.1) is 0 Å². The van der Waals surface area contributed by atoms with Crippen molar-refractivity contribution < 1.29 is 26.3 Å². The predicted molar refractivity (Wildman–Crippen MR) is 85.4 cm³/mol. The van der Waals surface area contributed by atoms with Crippen LogP contribution >= 0.6 is 0 Å². The molecule has 26 heavy (non-hydrogen) atoms. The van der Waals surface area contributed by atoms with Crippen molar-refractivity contribution in [1.29, 1.82) is 0 Å². The highest BCUT2D eigenvalue weighted by molar-refractivity contribution is 5.41. The number of benzene rings is 1. The second-order valence-corrected chi connectivity index (χ2v) is 5.76. The van der Waals surface area contributed by atoms with E-state index in [4.69, 9.17) is 5.73 Å². The van der Waals surface area contributed by atoms with Crippen molar-refractivity contribution >= 4 is 0 Å². The van der Waals surface area contributed by atoms with Crippen molar-refractivity contribution in [2.45, 2.75) is 18.9 Å². The van der Waals surface area contributed by atoms with E-state index in [0.717, 1.165) is 0 Å². The lowest BCUT2D eigenvalue weighted by atomic mass is 10.0. The minimum atomic E-state index is -4.87. The minimum Gasteiger partial charge on any atom is -0.403 e. The summed E-state index contributed by atoms with van der Waals surface area (Å²) in [4.78, 5) is 1.89.